The smallest absolute Gasteiger partial charge is 0.387 e. The van der Waals surface area contributed by atoms with E-state index in [9.17, 15) is 19.4 Å². The van der Waals surface area contributed by atoms with E-state index in [1.54, 1.807) is 6.08 Å². The van der Waals surface area contributed by atoms with Gasteiger partial charge < -0.3 is 19.8 Å². The lowest BCUT2D eigenvalue weighted by atomic mass is 10.0. The Bertz CT molecular complexity index is 942. The van der Waals surface area contributed by atoms with Crippen molar-refractivity contribution in [2.75, 3.05) is 40.9 Å². The van der Waals surface area contributed by atoms with E-state index in [-0.39, 0.29) is 19.1 Å². The molecule has 340 valence electrons. The van der Waals surface area contributed by atoms with Gasteiger partial charge in [0.05, 0.1) is 39.9 Å². The highest BCUT2D eigenvalue weighted by Crippen LogP contribution is 2.43. The van der Waals surface area contributed by atoms with Crippen molar-refractivity contribution in [3.05, 3.63) is 12.2 Å². The van der Waals surface area contributed by atoms with Crippen molar-refractivity contribution in [2.24, 2.45) is 0 Å². The van der Waals surface area contributed by atoms with Gasteiger partial charge in [0, 0.05) is 6.42 Å². The second-order valence-corrected chi connectivity index (χ2v) is 19.7. The van der Waals surface area contributed by atoms with Gasteiger partial charge in [0.2, 0.25) is 5.91 Å². The number of hydrogen-bond acceptors (Lipinski definition) is 5. The van der Waals surface area contributed by atoms with Crippen molar-refractivity contribution in [2.45, 2.75) is 251 Å². The van der Waals surface area contributed by atoms with E-state index < -0.39 is 20.0 Å². The molecule has 9 heteroatoms. The monoisotopic (exact) mass is 830 g/mol. The molecule has 3 atom stereocenters. The lowest BCUT2D eigenvalue weighted by molar-refractivity contribution is -0.870. The fraction of sp³-hybridized carbons (Fsp3) is 0.938. The zero-order valence-electron chi connectivity index (χ0n) is 38.6. The molecule has 0 aliphatic rings. The Balaban J connectivity index is 4.12. The molecule has 0 aliphatic heterocycles. The number of carbonyl (C=O) groups is 1. The quantitative estimate of drug-likeness (QED) is 0.0244. The average Bonchev–Trinajstić information content (AvgIpc) is 3.16. The average molecular weight is 830 g/mol. The molecule has 1 amide bonds. The van der Waals surface area contributed by atoms with Crippen LogP contribution >= 0.6 is 7.82 Å². The minimum atomic E-state index is -4.33. The molecule has 8 nitrogen and oxygen atoms in total. The van der Waals surface area contributed by atoms with Gasteiger partial charge in [-0.1, -0.05) is 225 Å². The van der Waals surface area contributed by atoms with Gasteiger partial charge in [0.15, 0.2) is 0 Å². The summed E-state index contributed by atoms with van der Waals surface area (Å²) in [4.78, 5) is 23.0. The number of amides is 1. The van der Waals surface area contributed by atoms with E-state index in [4.69, 9.17) is 9.05 Å². The molecule has 0 spiro atoms. The number of likely N-dealkylation sites (N-methyl/N-ethyl adjacent to an activating group) is 1. The van der Waals surface area contributed by atoms with Crippen molar-refractivity contribution in [3.63, 3.8) is 0 Å². The van der Waals surface area contributed by atoms with Gasteiger partial charge in [-0.05, 0) is 19.3 Å². The van der Waals surface area contributed by atoms with Crippen LogP contribution < -0.4 is 5.32 Å². The highest BCUT2D eigenvalue weighted by Gasteiger charge is 2.27. The van der Waals surface area contributed by atoms with Gasteiger partial charge >= 0.3 is 7.82 Å². The molecule has 3 unspecified atom stereocenters. The third kappa shape index (κ3) is 43.1. The zero-order chi connectivity index (χ0) is 42.1. The van der Waals surface area contributed by atoms with E-state index in [1.165, 1.54) is 186 Å². The normalized spacial score (nSPS) is 14.3. The molecule has 0 aliphatic carbocycles. The van der Waals surface area contributed by atoms with Gasteiger partial charge in [0.25, 0.3) is 0 Å². The number of hydrogen-bond donors (Lipinski definition) is 3. The van der Waals surface area contributed by atoms with Crippen LogP contribution in [0.4, 0.5) is 0 Å². The topological polar surface area (TPSA) is 105 Å². The molecule has 0 saturated carbocycles. The number of rotatable bonds is 45. The predicted molar refractivity (Wildman–Crippen MR) is 245 cm³/mol. The summed E-state index contributed by atoms with van der Waals surface area (Å²) >= 11 is 0. The Morgan fingerprint density at radius 1 is 0.579 bits per heavy atom. The molecule has 0 aromatic carbocycles. The van der Waals surface area contributed by atoms with E-state index in [0.29, 0.717) is 17.4 Å². The summed E-state index contributed by atoms with van der Waals surface area (Å²) in [5.41, 5.74) is 0. The maximum absolute atomic E-state index is 12.8. The molecule has 0 rings (SSSR count). The largest absolute Gasteiger partial charge is 0.472 e. The Morgan fingerprint density at radius 3 is 1.30 bits per heavy atom. The standard InChI is InChI=1S/C48H97N2O6P/c1-6-8-10-12-14-16-17-18-19-20-21-22-23-24-25-26-27-28-29-30-31-32-34-35-37-39-41-47(51)46(45-56-57(53,54)55-44-43-50(3,4)5)49-48(52)42-40-38-36-33-15-13-11-9-7-2/h39,41,46-47,51H,6-38,40,42-45H2,1-5H3,(H-,49,52,53,54)/p+1/b41-39+. The van der Waals surface area contributed by atoms with E-state index >= 15 is 0 Å². The first-order chi connectivity index (χ1) is 27.5. The van der Waals surface area contributed by atoms with E-state index in [1.807, 2.05) is 27.2 Å². The second-order valence-electron chi connectivity index (χ2n) is 18.2. The van der Waals surface area contributed by atoms with Gasteiger partial charge in [-0.15, -0.1) is 0 Å². The van der Waals surface area contributed by atoms with E-state index in [2.05, 4.69) is 19.2 Å². The second kappa shape index (κ2) is 40.6. The molecular weight excluding hydrogens is 732 g/mol. The van der Waals surface area contributed by atoms with Crippen LogP contribution in [0.25, 0.3) is 0 Å². The third-order valence-electron chi connectivity index (χ3n) is 11.3. The van der Waals surface area contributed by atoms with Crippen LogP contribution in [-0.2, 0) is 18.4 Å². The van der Waals surface area contributed by atoms with Crippen LogP contribution in [0.2, 0.25) is 0 Å². The molecular formula is C48H98N2O6P+. The maximum Gasteiger partial charge on any atom is 0.472 e. The Kier molecular flexibility index (Phi) is 40.1. The first-order valence-corrected chi connectivity index (χ1v) is 26.1. The van der Waals surface area contributed by atoms with Gasteiger partial charge in [-0.3, -0.25) is 13.8 Å². The van der Waals surface area contributed by atoms with Crippen molar-refractivity contribution in [1.82, 2.24) is 5.32 Å². The number of phosphoric acid groups is 1. The summed E-state index contributed by atoms with van der Waals surface area (Å²) < 4.78 is 23.5. The van der Waals surface area contributed by atoms with Gasteiger partial charge in [0.1, 0.15) is 13.2 Å². The summed E-state index contributed by atoms with van der Waals surface area (Å²) in [6.45, 7) is 4.81. The molecule has 0 fully saturated rings. The summed E-state index contributed by atoms with van der Waals surface area (Å²) in [6.07, 6.45) is 47.4. The molecule has 0 radical (unpaired) electrons. The molecule has 0 aromatic heterocycles. The lowest BCUT2D eigenvalue weighted by Gasteiger charge is -2.25. The fourth-order valence-electron chi connectivity index (χ4n) is 7.34. The first-order valence-electron chi connectivity index (χ1n) is 24.6. The number of aliphatic hydroxyl groups excluding tert-OH is 1. The third-order valence-corrected chi connectivity index (χ3v) is 12.2. The number of nitrogens with one attached hydrogen (secondary N) is 1. The van der Waals surface area contributed by atoms with Crippen LogP contribution in [0.5, 0.6) is 0 Å². The minimum absolute atomic E-state index is 0.0644. The SMILES string of the molecule is CCCCCCCCCCCCCCCCCCCCCCCCCC/C=C/C(O)C(COP(=O)(O)OCC[N+](C)(C)C)NC(=O)CCCCCCCCCCC. The maximum atomic E-state index is 12.8. The molecule has 0 heterocycles. The molecule has 0 bridgehead atoms. The summed E-state index contributed by atoms with van der Waals surface area (Å²) in [7, 11) is 1.58. The predicted octanol–water partition coefficient (Wildman–Crippen LogP) is 13.9. The van der Waals surface area contributed by atoms with Gasteiger partial charge in [-0.25, -0.2) is 4.57 Å². The van der Waals surface area contributed by atoms with Gasteiger partial charge in [-0.2, -0.15) is 0 Å². The van der Waals surface area contributed by atoms with Crippen molar-refractivity contribution >= 4 is 13.7 Å². The summed E-state index contributed by atoms with van der Waals surface area (Å²) in [5.74, 6) is -0.178. The number of unbranched alkanes of at least 4 members (excludes halogenated alkanes) is 32. The first kappa shape index (κ1) is 56.2. The summed E-state index contributed by atoms with van der Waals surface area (Å²) in [5, 5.41) is 13.8. The number of aliphatic hydroxyl groups is 1. The Hall–Kier alpha value is -0.760. The minimum Gasteiger partial charge on any atom is -0.387 e. The van der Waals surface area contributed by atoms with Crippen LogP contribution in [-0.4, -0.2) is 73.4 Å². The molecule has 0 aromatic rings. The zero-order valence-corrected chi connectivity index (χ0v) is 39.5. The fourth-order valence-corrected chi connectivity index (χ4v) is 8.07. The number of nitrogens with zero attached hydrogens (tertiary/aromatic N) is 1. The van der Waals surface area contributed by atoms with Crippen LogP contribution in [0.15, 0.2) is 12.2 Å². The van der Waals surface area contributed by atoms with Crippen molar-refractivity contribution in [1.29, 1.82) is 0 Å². The van der Waals surface area contributed by atoms with Crippen LogP contribution in [0.3, 0.4) is 0 Å². The van der Waals surface area contributed by atoms with Crippen LogP contribution in [0, 0.1) is 0 Å². The number of carbonyl (C=O) groups excluding carboxylic acids is 1. The highest BCUT2D eigenvalue weighted by molar-refractivity contribution is 7.47. The van der Waals surface area contributed by atoms with Crippen LogP contribution in [0.1, 0.15) is 239 Å². The highest BCUT2D eigenvalue weighted by atomic mass is 31.2. The number of phosphoric ester groups is 1. The van der Waals surface area contributed by atoms with E-state index in [0.717, 1.165) is 32.1 Å². The molecule has 0 saturated heterocycles. The molecule has 57 heavy (non-hydrogen) atoms. The Morgan fingerprint density at radius 2 is 0.930 bits per heavy atom. The Labute approximate surface area is 354 Å². The van der Waals surface area contributed by atoms with Crippen molar-refractivity contribution < 1.29 is 32.9 Å². The number of allylic oxidation sites excluding steroid dienone is 1. The number of quaternary nitrogens is 1. The van der Waals surface area contributed by atoms with Crippen molar-refractivity contribution in [3.8, 4) is 0 Å². The lowest BCUT2D eigenvalue weighted by Crippen LogP contribution is -2.45. The summed E-state index contributed by atoms with van der Waals surface area (Å²) in [6, 6.07) is -0.839. The molecule has 3 N–H and O–H groups in total.